The summed E-state index contributed by atoms with van der Waals surface area (Å²) in [5, 5.41) is 11.0. The first kappa shape index (κ1) is 11.9. The van der Waals surface area contributed by atoms with E-state index in [-0.39, 0.29) is 17.1 Å². The molecule has 0 spiro atoms. The second-order valence-electron chi connectivity index (χ2n) is 3.62. The Hall–Kier alpha value is -2.12. The summed E-state index contributed by atoms with van der Waals surface area (Å²) in [6.07, 6.45) is 0. The molecule has 3 rings (SSSR count). The van der Waals surface area contributed by atoms with E-state index in [4.69, 9.17) is 28.9 Å². The van der Waals surface area contributed by atoms with Gasteiger partial charge in [-0.1, -0.05) is 23.2 Å². The molecular weight excluding hydrogens is 291 g/mol. The highest BCUT2D eigenvalue weighted by Gasteiger charge is 2.10. The number of nitrogens with zero attached hydrogens (tertiary/aromatic N) is 4. The molecule has 1 aromatic carbocycles. The van der Waals surface area contributed by atoms with Gasteiger partial charge in [-0.25, -0.2) is 14.6 Å². The maximum Gasteiger partial charge on any atom is 0.245 e. The molecule has 0 aliphatic heterocycles. The van der Waals surface area contributed by atoms with Gasteiger partial charge in [0.15, 0.2) is 11.6 Å². The third-order valence-corrected chi connectivity index (χ3v) is 3.06. The molecule has 0 aliphatic carbocycles. The molecule has 2 heterocycles. The molecule has 3 aromatic rings. The van der Waals surface area contributed by atoms with Crippen LogP contribution in [0.4, 0.5) is 17.3 Å². The zero-order valence-corrected chi connectivity index (χ0v) is 10.8. The van der Waals surface area contributed by atoms with Crippen molar-refractivity contribution < 1.29 is 4.63 Å². The number of hydrogen-bond acceptors (Lipinski definition) is 7. The molecule has 0 amide bonds. The number of hydrogen-bond donors (Lipinski definition) is 2. The van der Waals surface area contributed by atoms with E-state index < -0.39 is 0 Å². The Bertz CT molecular complexity index is 759. The molecule has 7 nitrogen and oxygen atoms in total. The van der Waals surface area contributed by atoms with Gasteiger partial charge >= 0.3 is 0 Å². The van der Waals surface area contributed by atoms with Gasteiger partial charge in [0.2, 0.25) is 11.3 Å². The molecular formula is C10H6Cl2N6O. The first-order chi connectivity index (χ1) is 9.13. The van der Waals surface area contributed by atoms with Crippen molar-refractivity contribution in [3.8, 4) is 0 Å². The zero-order valence-electron chi connectivity index (χ0n) is 9.26. The molecule has 0 bridgehead atoms. The lowest BCUT2D eigenvalue weighted by molar-refractivity contribution is 0.314. The van der Waals surface area contributed by atoms with Gasteiger partial charge in [0, 0.05) is 5.69 Å². The van der Waals surface area contributed by atoms with Gasteiger partial charge in [0.1, 0.15) is 0 Å². The molecule has 0 saturated carbocycles. The highest BCUT2D eigenvalue weighted by atomic mass is 35.5. The smallest absolute Gasteiger partial charge is 0.245 e. The highest BCUT2D eigenvalue weighted by Crippen LogP contribution is 2.28. The van der Waals surface area contributed by atoms with E-state index >= 15 is 0 Å². The minimum Gasteiger partial charge on any atom is -0.381 e. The Morgan fingerprint density at radius 2 is 1.79 bits per heavy atom. The van der Waals surface area contributed by atoms with Gasteiger partial charge in [-0.3, -0.25) is 0 Å². The van der Waals surface area contributed by atoms with Crippen molar-refractivity contribution in [2.24, 2.45) is 0 Å². The summed E-state index contributed by atoms with van der Waals surface area (Å²) in [5.41, 5.74) is 6.94. The molecule has 0 saturated heterocycles. The molecule has 0 atom stereocenters. The number of aromatic nitrogens is 4. The quantitative estimate of drug-likeness (QED) is 0.749. The monoisotopic (exact) mass is 296 g/mol. The van der Waals surface area contributed by atoms with Gasteiger partial charge in [-0.2, -0.15) is 0 Å². The van der Waals surface area contributed by atoms with E-state index in [0.717, 1.165) is 0 Å². The Morgan fingerprint density at radius 1 is 1.05 bits per heavy atom. The Labute approximate surface area is 116 Å². The predicted octanol–water partition coefficient (Wildman–Crippen LogP) is 2.65. The molecule has 19 heavy (non-hydrogen) atoms. The normalized spacial score (nSPS) is 10.8. The van der Waals surface area contributed by atoms with Crippen molar-refractivity contribution in [1.82, 2.24) is 20.3 Å². The average molecular weight is 297 g/mol. The summed E-state index contributed by atoms with van der Waals surface area (Å²) in [6, 6.07) is 5.04. The summed E-state index contributed by atoms with van der Waals surface area (Å²) < 4.78 is 4.51. The minimum absolute atomic E-state index is 0.175. The standard InChI is InChI=1S/C10H6Cl2N6O/c11-5-2-1-4(3-6(5)12)14-8-7(13)15-9-10(16-8)18-19-17-9/h1-3H,(H2,13,15,17)(H,14,16,18). The van der Waals surface area contributed by atoms with Gasteiger partial charge in [0.05, 0.1) is 10.0 Å². The molecule has 0 radical (unpaired) electrons. The van der Waals surface area contributed by atoms with Crippen molar-refractivity contribution in [1.29, 1.82) is 0 Å². The van der Waals surface area contributed by atoms with Crippen LogP contribution >= 0.6 is 23.2 Å². The van der Waals surface area contributed by atoms with Crippen molar-refractivity contribution >= 4 is 51.8 Å². The van der Waals surface area contributed by atoms with Crippen LogP contribution in [-0.2, 0) is 0 Å². The number of nitrogens with two attached hydrogens (primary N) is 1. The largest absolute Gasteiger partial charge is 0.381 e. The van der Waals surface area contributed by atoms with Crippen LogP contribution in [-0.4, -0.2) is 20.3 Å². The topological polar surface area (TPSA) is 103 Å². The van der Waals surface area contributed by atoms with E-state index in [0.29, 0.717) is 21.6 Å². The number of halogens is 2. The number of fused-ring (bicyclic) bond motifs is 1. The Balaban J connectivity index is 1.99. The van der Waals surface area contributed by atoms with Gasteiger partial charge in [-0.05, 0) is 28.5 Å². The molecule has 0 fully saturated rings. The number of benzene rings is 1. The summed E-state index contributed by atoms with van der Waals surface area (Å²) in [7, 11) is 0. The number of nitrogens with one attached hydrogen (secondary N) is 1. The third-order valence-electron chi connectivity index (χ3n) is 2.32. The summed E-state index contributed by atoms with van der Waals surface area (Å²) in [5.74, 6) is 0.510. The molecule has 0 aliphatic rings. The van der Waals surface area contributed by atoms with Gasteiger partial charge < -0.3 is 11.1 Å². The summed E-state index contributed by atoms with van der Waals surface area (Å²) in [6.45, 7) is 0. The average Bonchev–Trinajstić information content (AvgIpc) is 2.81. The number of anilines is 3. The molecule has 96 valence electrons. The van der Waals surface area contributed by atoms with Crippen molar-refractivity contribution in [3.63, 3.8) is 0 Å². The highest BCUT2D eigenvalue weighted by molar-refractivity contribution is 6.42. The summed E-state index contributed by atoms with van der Waals surface area (Å²) in [4.78, 5) is 8.14. The predicted molar refractivity (Wildman–Crippen MR) is 71.6 cm³/mol. The van der Waals surface area contributed by atoms with E-state index in [1.54, 1.807) is 18.2 Å². The summed E-state index contributed by atoms with van der Waals surface area (Å²) >= 11 is 11.8. The lowest BCUT2D eigenvalue weighted by atomic mass is 10.3. The zero-order chi connectivity index (χ0) is 13.4. The molecule has 2 aromatic heterocycles. The fourth-order valence-corrected chi connectivity index (χ4v) is 1.75. The van der Waals surface area contributed by atoms with Crippen molar-refractivity contribution in [2.45, 2.75) is 0 Å². The van der Waals surface area contributed by atoms with Crippen LogP contribution in [0.15, 0.2) is 22.8 Å². The molecule has 3 N–H and O–H groups in total. The van der Waals surface area contributed by atoms with Crippen LogP contribution in [0.3, 0.4) is 0 Å². The SMILES string of the molecule is Nc1nc2nonc2nc1Nc1ccc(Cl)c(Cl)c1. The second kappa shape index (κ2) is 4.52. The van der Waals surface area contributed by atoms with Crippen LogP contribution < -0.4 is 11.1 Å². The number of rotatable bonds is 2. The first-order valence-electron chi connectivity index (χ1n) is 5.11. The van der Waals surface area contributed by atoms with Crippen LogP contribution in [0.2, 0.25) is 10.0 Å². The third kappa shape index (κ3) is 2.25. The Morgan fingerprint density at radius 3 is 2.53 bits per heavy atom. The van der Waals surface area contributed by atoms with Crippen molar-refractivity contribution in [3.05, 3.63) is 28.2 Å². The Kier molecular flexibility index (Phi) is 2.84. The first-order valence-corrected chi connectivity index (χ1v) is 5.87. The van der Waals surface area contributed by atoms with Crippen LogP contribution in [0.5, 0.6) is 0 Å². The maximum absolute atomic E-state index is 5.92. The number of nitrogen functional groups attached to an aromatic ring is 1. The second-order valence-corrected chi connectivity index (χ2v) is 4.44. The van der Waals surface area contributed by atoms with E-state index in [1.807, 2.05) is 0 Å². The fraction of sp³-hybridized carbons (Fsp3) is 0. The fourth-order valence-electron chi connectivity index (χ4n) is 1.45. The molecule has 0 unspecified atom stereocenters. The van der Waals surface area contributed by atoms with Crippen LogP contribution in [0, 0.1) is 0 Å². The minimum atomic E-state index is 0.175. The van der Waals surface area contributed by atoms with Crippen LogP contribution in [0.1, 0.15) is 0 Å². The van der Waals surface area contributed by atoms with Gasteiger partial charge in [0.25, 0.3) is 0 Å². The van der Waals surface area contributed by atoms with Gasteiger partial charge in [-0.15, -0.1) is 0 Å². The lowest BCUT2D eigenvalue weighted by Crippen LogP contribution is -2.02. The molecule has 9 heteroatoms. The maximum atomic E-state index is 5.92. The van der Waals surface area contributed by atoms with E-state index in [1.165, 1.54) is 0 Å². The van der Waals surface area contributed by atoms with Crippen LogP contribution in [0.25, 0.3) is 11.3 Å². The lowest BCUT2D eigenvalue weighted by Gasteiger charge is -2.07. The van der Waals surface area contributed by atoms with E-state index in [2.05, 4.69) is 30.2 Å². The van der Waals surface area contributed by atoms with Crippen molar-refractivity contribution in [2.75, 3.05) is 11.1 Å². The van der Waals surface area contributed by atoms with E-state index in [9.17, 15) is 0 Å².